The van der Waals surface area contributed by atoms with Crippen LogP contribution < -0.4 is 4.74 Å². The van der Waals surface area contributed by atoms with Gasteiger partial charge in [-0.1, -0.05) is 12.1 Å². The number of nitrogens with zero attached hydrogens (tertiary/aromatic N) is 1. The molecule has 1 aromatic rings. The molecule has 0 bridgehead atoms. The van der Waals surface area contributed by atoms with Crippen molar-refractivity contribution in [3.63, 3.8) is 0 Å². The van der Waals surface area contributed by atoms with Crippen LogP contribution in [0.5, 0.6) is 5.75 Å². The van der Waals surface area contributed by atoms with E-state index >= 15 is 0 Å². The minimum atomic E-state index is -0.810. The summed E-state index contributed by atoms with van der Waals surface area (Å²) in [6.07, 6.45) is 0. The van der Waals surface area contributed by atoms with Crippen LogP contribution in [0.4, 0.5) is 0 Å². The molecule has 2 atom stereocenters. The van der Waals surface area contributed by atoms with E-state index in [1.807, 2.05) is 50.1 Å². The first-order valence-corrected chi connectivity index (χ1v) is 6.14. The van der Waals surface area contributed by atoms with Crippen molar-refractivity contribution in [2.45, 2.75) is 32.9 Å². The Morgan fingerprint density at radius 3 is 2.33 bits per heavy atom. The van der Waals surface area contributed by atoms with Crippen LogP contribution in [-0.4, -0.2) is 35.7 Å². The summed E-state index contributed by atoms with van der Waals surface area (Å²) in [5.74, 6) is 0.0256. The lowest BCUT2D eigenvalue weighted by molar-refractivity contribution is -0.142. The maximum absolute atomic E-state index is 11.0. The Morgan fingerprint density at radius 1 is 1.33 bits per heavy atom. The maximum Gasteiger partial charge on any atom is 0.320 e. The number of hydrogen-bond acceptors (Lipinski definition) is 3. The Kier molecular flexibility index (Phi) is 5.16. The molecule has 0 amide bonds. The van der Waals surface area contributed by atoms with E-state index in [9.17, 15) is 4.79 Å². The molecule has 100 valence electrons. The molecule has 0 aliphatic carbocycles. The van der Waals surface area contributed by atoms with Gasteiger partial charge in [-0.25, -0.2) is 0 Å². The molecule has 18 heavy (non-hydrogen) atoms. The third-order valence-corrected chi connectivity index (χ3v) is 3.25. The van der Waals surface area contributed by atoms with Crippen LogP contribution in [0.1, 0.15) is 32.4 Å². The van der Waals surface area contributed by atoms with Gasteiger partial charge >= 0.3 is 5.97 Å². The third kappa shape index (κ3) is 3.47. The van der Waals surface area contributed by atoms with Gasteiger partial charge in [0.2, 0.25) is 0 Å². The lowest BCUT2D eigenvalue weighted by atomic mass is 10.1. The van der Waals surface area contributed by atoms with Gasteiger partial charge < -0.3 is 9.84 Å². The molecule has 4 heteroatoms. The Morgan fingerprint density at radius 2 is 1.89 bits per heavy atom. The number of carboxylic acids is 1. The highest BCUT2D eigenvalue weighted by atomic mass is 16.5. The predicted molar refractivity (Wildman–Crippen MR) is 70.9 cm³/mol. The highest BCUT2D eigenvalue weighted by Gasteiger charge is 2.22. The molecule has 0 spiro atoms. The first-order valence-electron chi connectivity index (χ1n) is 6.14. The molecular formula is C14H21NO3. The Bertz CT molecular complexity index is 389. The van der Waals surface area contributed by atoms with Crippen LogP contribution in [-0.2, 0) is 4.79 Å². The van der Waals surface area contributed by atoms with Gasteiger partial charge in [0.15, 0.2) is 0 Å². The number of ether oxygens (including phenoxy) is 1. The maximum atomic E-state index is 11.0. The molecule has 4 nitrogen and oxygen atoms in total. The molecule has 0 radical (unpaired) electrons. The molecule has 0 heterocycles. The van der Waals surface area contributed by atoms with Gasteiger partial charge in [-0.3, -0.25) is 9.69 Å². The lowest BCUT2D eigenvalue weighted by Gasteiger charge is -2.28. The van der Waals surface area contributed by atoms with Crippen molar-refractivity contribution >= 4 is 5.97 Å². The molecule has 0 fully saturated rings. The molecule has 0 aliphatic heterocycles. The molecule has 1 aromatic carbocycles. The smallest absolute Gasteiger partial charge is 0.320 e. The topological polar surface area (TPSA) is 49.8 Å². The average molecular weight is 251 g/mol. The first kappa shape index (κ1) is 14.5. The fraction of sp³-hybridized carbons (Fsp3) is 0.500. The number of likely N-dealkylation sites (N-methyl/N-ethyl adjacent to an activating group) is 1. The third-order valence-electron chi connectivity index (χ3n) is 3.25. The highest BCUT2D eigenvalue weighted by Crippen LogP contribution is 2.23. The van der Waals surface area contributed by atoms with Crippen LogP contribution in [0, 0.1) is 0 Å². The number of aliphatic carboxylic acids is 1. The van der Waals surface area contributed by atoms with Crippen LogP contribution in [0.2, 0.25) is 0 Å². The van der Waals surface area contributed by atoms with E-state index in [2.05, 4.69) is 0 Å². The van der Waals surface area contributed by atoms with E-state index < -0.39 is 12.0 Å². The monoisotopic (exact) mass is 251 g/mol. The second-order valence-corrected chi connectivity index (χ2v) is 4.36. The van der Waals surface area contributed by atoms with Crippen LogP contribution in [0.25, 0.3) is 0 Å². The van der Waals surface area contributed by atoms with Gasteiger partial charge in [0.05, 0.1) is 6.61 Å². The number of carboxylic acid groups (broad SMARTS) is 1. The van der Waals surface area contributed by atoms with Gasteiger partial charge in [0, 0.05) is 6.04 Å². The predicted octanol–water partition coefficient (Wildman–Crippen LogP) is 2.55. The molecule has 1 N–H and O–H groups in total. The summed E-state index contributed by atoms with van der Waals surface area (Å²) in [7, 11) is 1.82. The molecule has 0 saturated heterocycles. The summed E-state index contributed by atoms with van der Waals surface area (Å²) in [5, 5.41) is 9.00. The fourth-order valence-electron chi connectivity index (χ4n) is 1.75. The summed E-state index contributed by atoms with van der Waals surface area (Å²) in [6.45, 7) is 6.27. The Hall–Kier alpha value is -1.55. The summed E-state index contributed by atoms with van der Waals surface area (Å²) in [5.41, 5.74) is 1.08. The van der Waals surface area contributed by atoms with Crippen molar-refractivity contribution in [1.82, 2.24) is 4.90 Å². The first-order chi connectivity index (χ1) is 8.47. The van der Waals surface area contributed by atoms with E-state index in [0.717, 1.165) is 11.3 Å². The molecule has 1 rings (SSSR count). The molecule has 0 aromatic heterocycles. The van der Waals surface area contributed by atoms with Crippen LogP contribution >= 0.6 is 0 Å². The zero-order chi connectivity index (χ0) is 13.7. The molecule has 0 aliphatic rings. The number of benzene rings is 1. The van der Waals surface area contributed by atoms with Gasteiger partial charge in [0.1, 0.15) is 11.8 Å². The second kappa shape index (κ2) is 6.40. The van der Waals surface area contributed by atoms with Crippen molar-refractivity contribution < 1.29 is 14.6 Å². The van der Waals surface area contributed by atoms with Crippen molar-refractivity contribution in [2.75, 3.05) is 13.7 Å². The fourth-order valence-corrected chi connectivity index (χ4v) is 1.75. The summed E-state index contributed by atoms with van der Waals surface area (Å²) >= 11 is 0. The normalized spacial score (nSPS) is 14.3. The van der Waals surface area contributed by atoms with E-state index in [0.29, 0.717) is 6.61 Å². The zero-order valence-electron chi connectivity index (χ0n) is 11.4. The van der Waals surface area contributed by atoms with Crippen molar-refractivity contribution in [3.05, 3.63) is 29.8 Å². The van der Waals surface area contributed by atoms with E-state index in [4.69, 9.17) is 9.84 Å². The molecular weight excluding hydrogens is 230 g/mol. The van der Waals surface area contributed by atoms with E-state index in [1.165, 1.54) is 0 Å². The standard InChI is InChI=1S/C14H21NO3/c1-5-18-13-8-6-12(7-9-13)10(2)15(4)11(3)14(16)17/h6-11H,5H2,1-4H3,(H,16,17). The van der Waals surface area contributed by atoms with Crippen molar-refractivity contribution in [2.24, 2.45) is 0 Å². The Balaban J connectivity index is 2.77. The van der Waals surface area contributed by atoms with Crippen molar-refractivity contribution in [1.29, 1.82) is 0 Å². The number of hydrogen-bond donors (Lipinski definition) is 1. The van der Waals surface area contributed by atoms with E-state index in [1.54, 1.807) is 6.92 Å². The second-order valence-electron chi connectivity index (χ2n) is 4.36. The highest BCUT2D eigenvalue weighted by molar-refractivity contribution is 5.72. The zero-order valence-corrected chi connectivity index (χ0v) is 11.4. The molecule has 0 saturated carbocycles. The van der Waals surface area contributed by atoms with E-state index in [-0.39, 0.29) is 6.04 Å². The van der Waals surface area contributed by atoms with Crippen LogP contribution in [0.15, 0.2) is 24.3 Å². The van der Waals surface area contributed by atoms with Gasteiger partial charge in [-0.15, -0.1) is 0 Å². The number of carbonyl (C=O) groups is 1. The van der Waals surface area contributed by atoms with Gasteiger partial charge in [-0.2, -0.15) is 0 Å². The average Bonchev–Trinajstić information content (AvgIpc) is 2.37. The number of rotatable bonds is 6. The lowest BCUT2D eigenvalue weighted by Crippen LogP contribution is -2.37. The summed E-state index contributed by atoms with van der Waals surface area (Å²) in [6, 6.07) is 7.31. The van der Waals surface area contributed by atoms with Gasteiger partial charge in [-0.05, 0) is 45.5 Å². The Labute approximate surface area is 108 Å². The van der Waals surface area contributed by atoms with Crippen LogP contribution in [0.3, 0.4) is 0 Å². The minimum Gasteiger partial charge on any atom is -0.494 e. The quantitative estimate of drug-likeness (QED) is 0.844. The summed E-state index contributed by atoms with van der Waals surface area (Å²) < 4.78 is 5.38. The SMILES string of the molecule is CCOc1ccc(C(C)N(C)C(C)C(=O)O)cc1. The van der Waals surface area contributed by atoms with Gasteiger partial charge in [0.25, 0.3) is 0 Å². The summed E-state index contributed by atoms with van der Waals surface area (Å²) in [4.78, 5) is 12.8. The largest absolute Gasteiger partial charge is 0.494 e. The van der Waals surface area contributed by atoms with Crippen molar-refractivity contribution in [3.8, 4) is 5.75 Å². The minimum absolute atomic E-state index is 0.0479. The molecule has 2 unspecified atom stereocenters.